The van der Waals surface area contributed by atoms with E-state index in [0.29, 0.717) is 23.5 Å². The van der Waals surface area contributed by atoms with E-state index < -0.39 is 16.1 Å². The maximum Gasteiger partial charge on any atom is 0.301 e. The molecule has 10 heteroatoms. The Morgan fingerprint density at radius 1 is 1.31 bits per heavy atom. The summed E-state index contributed by atoms with van der Waals surface area (Å²) in [5.74, 6) is -0.437. The van der Waals surface area contributed by atoms with E-state index in [1.165, 1.54) is 18.2 Å². The number of fused-ring (bicyclic) bond motifs is 1. The highest BCUT2D eigenvalue weighted by Crippen LogP contribution is 2.26. The quantitative estimate of drug-likeness (QED) is 0.574. The maximum absolute atomic E-state index is 13.5. The second-order valence-corrected chi connectivity index (χ2v) is 8.03. The first kappa shape index (κ1) is 20.7. The highest BCUT2D eigenvalue weighted by molar-refractivity contribution is 7.88. The average molecular weight is 419 g/mol. The van der Waals surface area contributed by atoms with Crippen molar-refractivity contribution in [1.29, 1.82) is 0 Å². The van der Waals surface area contributed by atoms with Crippen LogP contribution in [-0.4, -0.2) is 35.2 Å². The van der Waals surface area contributed by atoms with Crippen molar-refractivity contribution in [2.45, 2.75) is 20.3 Å². The Morgan fingerprint density at radius 2 is 2.07 bits per heavy atom. The molecule has 3 rings (SSSR count). The van der Waals surface area contributed by atoms with E-state index in [0.717, 1.165) is 17.0 Å². The first-order chi connectivity index (χ1) is 13.7. The van der Waals surface area contributed by atoms with Crippen LogP contribution in [0, 0.1) is 12.7 Å². The van der Waals surface area contributed by atoms with Gasteiger partial charge in [-0.2, -0.15) is 18.2 Å². The molecule has 3 aromatic rings. The van der Waals surface area contributed by atoms with Crippen LogP contribution in [0.5, 0.6) is 0 Å². The van der Waals surface area contributed by atoms with Gasteiger partial charge in [0, 0.05) is 36.8 Å². The smallest absolute Gasteiger partial charge is 0.301 e. The van der Waals surface area contributed by atoms with Crippen LogP contribution in [0.4, 0.5) is 4.39 Å². The summed E-state index contributed by atoms with van der Waals surface area (Å²) in [6.45, 7) is 3.84. The van der Waals surface area contributed by atoms with Gasteiger partial charge in [0.2, 0.25) is 0 Å². The molecule has 1 aromatic carbocycles. The fourth-order valence-electron chi connectivity index (χ4n) is 3.04. The highest BCUT2D eigenvalue weighted by atomic mass is 32.2. The zero-order chi connectivity index (χ0) is 21.2. The van der Waals surface area contributed by atoms with Crippen molar-refractivity contribution in [3.63, 3.8) is 0 Å². The summed E-state index contributed by atoms with van der Waals surface area (Å²) in [7, 11) is -2.14. The molecule has 2 aromatic heterocycles. The number of rotatable bonds is 7. The monoisotopic (exact) mass is 419 g/mol. The van der Waals surface area contributed by atoms with Gasteiger partial charge in [-0.1, -0.05) is 6.92 Å². The van der Waals surface area contributed by atoms with Gasteiger partial charge in [-0.05, 0) is 43.7 Å². The van der Waals surface area contributed by atoms with Gasteiger partial charge >= 0.3 is 10.2 Å². The zero-order valence-electron chi connectivity index (χ0n) is 16.3. The molecule has 0 aliphatic heterocycles. The van der Waals surface area contributed by atoms with Crippen molar-refractivity contribution in [3.05, 3.63) is 53.6 Å². The summed E-state index contributed by atoms with van der Waals surface area (Å²) in [5.41, 5.74) is 2.07. The van der Waals surface area contributed by atoms with E-state index in [9.17, 15) is 17.6 Å². The Kier molecular flexibility index (Phi) is 5.85. The zero-order valence-corrected chi connectivity index (χ0v) is 17.1. The number of nitrogens with one attached hydrogen (secondary N) is 2. The summed E-state index contributed by atoms with van der Waals surface area (Å²) in [4.78, 5) is 12.1. The number of nitrogens with zero attached hydrogens (tertiary/aromatic N) is 3. The van der Waals surface area contributed by atoms with Crippen LogP contribution in [-0.2, 0) is 22.1 Å². The van der Waals surface area contributed by atoms with Crippen molar-refractivity contribution in [1.82, 2.24) is 23.8 Å². The first-order valence-corrected chi connectivity index (χ1v) is 10.5. The third kappa shape index (κ3) is 4.54. The van der Waals surface area contributed by atoms with Crippen molar-refractivity contribution in [3.8, 4) is 5.82 Å². The minimum Gasteiger partial charge on any atom is -0.301 e. The molecule has 0 saturated heterocycles. The van der Waals surface area contributed by atoms with Crippen LogP contribution in [0.2, 0.25) is 0 Å². The number of hydrogen-bond donors (Lipinski definition) is 2. The molecule has 0 radical (unpaired) electrons. The first-order valence-electron chi connectivity index (χ1n) is 9.02. The van der Waals surface area contributed by atoms with Crippen molar-refractivity contribution in [2.75, 3.05) is 6.54 Å². The minimum atomic E-state index is -3.90. The van der Waals surface area contributed by atoms with Gasteiger partial charge in [0.25, 0.3) is 5.91 Å². The van der Waals surface area contributed by atoms with Gasteiger partial charge in [0.1, 0.15) is 11.6 Å². The fraction of sp³-hybridized carbons (Fsp3) is 0.263. The summed E-state index contributed by atoms with van der Waals surface area (Å²) in [6.07, 6.45) is 5.05. The van der Waals surface area contributed by atoms with Crippen LogP contribution < -0.4 is 9.44 Å². The Morgan fingerprint density at radius 3 is 2.79 bits per heavy atom. The number of halogens is 1. The number of benzene rings is 1. The maximum atomic E-state index is 13.5. The Bertz CT molecular complexity index is 1190. The summed E-state index contributed by atoms with van der Waals surface area (Å²) < 4.78 is 44.8. The molecule has 0 spiro atoms. The average Bonchev–Trinajstić information content (AvgIpc) is 3.17. The lowest BCUT2D eigenvalue weighted by Crippen LogP contribution is -2.39. The molecule has 1 amide bonds. The lowest BCUT2D eigenvalue weighted by atomic mass is 10.2. The summed E-state index contributed by atoms with van der Waals surface area (Å²) in [6, 6.07) is 6.26. The van der Waals surface area contributed by atoms with Crippen molar-refractivity contribution >= 4 is 33.1 Å². The normalized spacial score (nSPS) is 12.1. The van der Waals surface area contributed by atoms with E-state index in [1.54, 1.807) is 37.0 Å². The van der Waals surface area contributed by atoms with Crippen LogP contribution in [0.15, 0.2) is 36.5 Å². The Hall–Kier alpha value is -2.98. The second kappa shape index (κ2) is 8.18. The molecule has 0 saturated carbocycles. The molecule has 0 bridgehead atoms. The molecular formula is C19H22FN5O3S. The fourth-order valence-corrected chi connectivity index (χ4v) is 3.92. The molecule has 2 N–H and O–H groups in total. The molecule has 29 heavy (non-hydrogen) atoms. The predicted molar refractivity (Wildman–Crippen MR) is 109 cm³/mol. The lowest BCUT2D eigenvalue weighted by molar-refractivity contribution is -0.114. The van der Waals surface area contributed by atoms with Gasteiger partial charge in [0.15, 0.2) is 0 Å². The summed E-state index contributed by atoms with van der Waals surface area (Å²) >= 11 is 0. The molecular weight excluding hydrogens is 397 g/mol. The Balaban J connectivity index is 1.93. The second-order valence-electron chi connectivity index (χ2n) is 6.53. The van der Waals surface area contributed by atoms with Crippen molar-refractivity contribution < 1.29 is 17.6 Å². The van der Waals surface area contributed by atoms with Crippen LogP contribution >= 0.6 is 0 Å². The third-order valence-corrected chi connectivity index (χ3v) is 5.35. The SMILES string of the molecule is CCCNS(=O)(=O)NC(=O)C=Cc1c(C)nn(C)c1-n1ccc2cc(F)ccc21. The van der Waals surface area contributed by atoms with Gasteiger partial charge in [0.05, 0.1) is 11.2 Å². The van der Waals surface area contributed by atoms with Gasteiger partial charge in [-0.15, -0.1) is 0 Å². The molecule has 2 heterocycles. The van der Waals surface area contributed by atoms with Crippen LogP contribution in [0.1, 0.15) is 24.6 Å². The molecule has 0 unspecified atom stereocenters. The molecule has 0 aliphatic carbocycles. The number of aromatic nitrogens is 3. The van der Waals surface area contributed by atoms with Gasteiger partial charge in [-0.25, -0.2) is 9.11 Å². The van der Waals surface area contributed by atoms with E-state index >= 15 is 0 Å². The lowest BCUT2D eigenvalue weighted by Gasteiger charge is -2.08. The van der Waals surface area contributed by atoms with E-state index in [-0.39, 0.29) is 12.4 Å². The summed E-state index contributed by atoms with van der Waals surface area (Å²) in [5, 5.41) is 5.12. The highest BCUT2D eigenvalue weighted by Gasteiger charge is 2.16. The van der Waals surface area contributed by atoms with Gasteiger partial charge < -0.3 is 4.57 Å². The number of carbonyl (C=O) groups is 1. The number of amides is 1. The topological polar surface area (TPSA) is 98.0 Å². The third-order valence-electron chi connectivity index (χ3n) is 4.30. The Labute approximate surface area is 168 Å². The molecule has 8 nitrogen and oxygen atoms in total. The van der Waals surface area contributed by atoms with E-state index in [2.05, 4.69) is 9.82 Å². The molecule has 154 valence electrons. The predicted octanol–water partition coefficient (Wildman–Crippen LogP) is 2.19. The van der Waals surface area contributed by atoms with E-state index in [4.69, 9.17) is 0 Å². The number of carbonyl (C=O) groups excluding carboxylic acids is 1. The molecule has 0 fully saturated rings. The standard InChI is InChI=1S/C19H22FN5O3S/c1-4-10-21-29(27,28)23-18(26)8-6-16-13(2)22-24(3)19(16)25-11-9-14-12-15(20)5-7-17(14)25/h5-9,11-12,21H,4,10H2,1-3H3,(H,23,26). The van der Waals surface area contributed by atoms with Crippen molar-refractivity contribution in [2.24, 2.45) is 7.05 Å². The molecule has 0 atom stereocenters. The van der Waals surface area contributed by atoms with Crippen LogP contribution in [0.25, 0.3) is 22.8 Å². The van der Waals surface area contributed by atoms with E-state index in [1.807, 2.05) is 16.2 Å². The largest absolute Gasteiger partial charge is 0.301 e. The number of aryl methyl sites for hydroxylation is 2. The van der Waals surface area contributed by atoms with Crippen LogP contribution in [0.3, 0.4) is 0 Å². The number of hydrogen-bond acceptors (Lipinski definition) is 4. The molecule has 0 aliphatic rings. The van der Waals surface area contributed by atoms with Gasteiger partial charge in [-0.3, -0.25) is 9.48 Å². The minimum absolute atomic E-state index is 0.236.